The number of amides is 2. The van der Waals surface area contributed by atoms with E-state index in [0.717, 1.165) is 9.87 Å². The molecule has 3 aromatic rings. The highest BCUT2D eigenvalue weighted by molar-refractivity contribution is 7.92. The summed E-state index contributed by atoms with van der Waals surface area (Å²) in [6.45, 7) is 6.52. The highest BCUT2D eigenvalue weighted by Crippen LogP contribution is 2.24. The predicted molar refractivity (Wildman–Crippen MR) is 142 cm³/mol. The van der Waals surface area contributed by atoms with Crippen LogP contribution in [0.1, 0.15) is 31.9 Å². The Morgan fingerprint density at radius 3 is 2.05 bits per heavy atom. The van der Waals surface area contributed by atoms with E-state index in [9.17, 15) is 22.4 Å². The zero-order chi connectivity index (χ0) is 27.2. The van der Waals surface area contributed by atoms with Crippen molar-refractivity contribution in [2.75, 3.05) is 10.8 Å². The molecule has 0 radical (unpaired) electrons. The number of carbonyl (C=O) groups is 2. The molecule has 1 N–H and O–H groups in total. The molecule has 0 heterocycles. The van der Waals surface area contributed by atoms with Gasteiger partial charge in [0.05, 0.1) is 10.6 Å². The van der Waals surface area contributed by atoms with Crippen molar-refractivity contribution >= 4 is 27.5 Å². The van der Waals surface area contributed by atoms with Gasteiger partial charge in [0.2, 0.25) is 11.8 Å². The van der Waals surface area contributed by atoms with Crippen LogP contribution >= 0.6 is 0 Å². The summed E-state index contributed by atoms with van der Waals surface area (Å²) in [7, 11) is -4.11. The van der Waals surface area contributed by atoms with Gasteiger partial charge in [0, 0.05) is 12.6 Å². The van der Waals surface area contributed by atoms with E-state index in [2.05, 4.69) is 5.32 Å². The molecule has 1 atom stereocenters. The summed E-state index contributed by atoms with van der Waals surface area (Å²) in [6.07, 6.45) is 0. The van der Waals surface area contributed by atoms with Gasteiger partial charge in [-0.1, -0.05) is 48.0 Å². The van der Waals surface area contributed by atoms with Crippen molar-refractivity contribution in [1.29, 1.82) is 0 Å². The maximum absolute atomic E-state index is 13.7. The van der Waals surface area contributed by atoms with Crippen LogP contribution in [0.3, 0.4) is 0 Å². The molecule has 0 unspecified atom stereocenters. The number of aryl methyl sites for hydroxylation is 1. The molecule has 3 aromatic carbocycles. The highest BCUT2D eigenvalue weighted by atomic mass is 32.2. The van der Waals surface area contributed by atoms with Crippen molar-refractivity contribution in [1.82, 2.24) is 10.2 Å². The van der Waals surface area contributed by atoms with Crippen molar-refractivity contribution in [3.05, 3.63) is 95.8 Å². The molecule has 2 amide bonds. The largest absolute Gasteiger partial charge is 0.352 e. The van der Waals surface area contributed by atoms with Crippen molar-refractivity contribution in [3.8, 4) is 0 Å². The number of hydrogen-bond acceptors (Lipinski definition) is 4. The van der Waals surface area contributed by atoms with Gasteiger partial charge < -0.3 is 10.2 Å². The first-order valence-corrected chi connectivity index (χ1v) is 13.4. The molecule has 0 aliphatic carbocycles. The fourth-order valence-electron chi connectivity index (χ4n) is 3.73. The molecule has 0 bridgehead atoms. The monoisotopic (exact) mass is 525 g/mol. The van der Waals surface area contributed by atoms with Gasteiger partial charge in [-0.2, -0.15) is 0 Å². The van der Waals surface area contributed by atoms with Crippen LogP contribution in [0.15, 0.2) is 83.8 Å². The molecule has 0 spiro atoms. The van der Waals surface area contributed by atoms with Crippen LogP contribution in [0, 0.1) is 12.7 Å². The van der Waals surface area contributed by atoms with E-state index in [1.54, 1.807) is 49.4 Å². The molecule has 7 nitrogen and oxygen atoms in total. The van der Waals surface area contributed by atoms with E-state index in [1.807, 2.05) is 20.8 Å². The predicted octanol–water partition coefficient (Wildman–Crippen LogP) is 4.27. The van der Waals surface area contributed by atoms with Gasteiger partial charge in [0.1, 0.15) is 18.4 Å². The number of anilines is 1. The first-order valence-electron chi connectivity index (χ1n) is 12.0. The number of sulfonamides is 1. The average Bonchev–Trinajstić information content (AvgIpc) is 2.86. The van der Waals surface area contributed by atoms with E-state index >= 15 is 0 Å². The van der Waals surface area contributed by atoms with Gasteiger partial charge in [-0.05, 0) is 69.7 Å². The third-order valence-electron chi connectivity index (χ3n) is 5.80. The van der Waals surface area contributed by atoms with Crippen LogP contribution in [0.5, 0.6) is 0 Å². The first-order chi connectivity index (χ1) is 17.5. The Hall–Kier alpha value is -3.72. The summed E-state index contributed by atoms with van der Waals surface area (Å²) in [6, 6.07) is 19.3. The molecule has 37 heavy (non-hydrogen) atoms. The third kappa shape index (κ3) is 7.16. The lowest BCUT2D eigenvalue weighted by atomic mass is 10.1. The molecule has 0 saturated heterocycles. The summed E-state index contributed by atoms with van der Waals surface area (Å²) in [4.78, 5) is 27.9. The maximum atomic E-state index is 13.7. The summed E-state index contributed by atoms with van der Waals surface area (Å²) in [5.74, 6) is -1.37. The minimum Gasteiger partial charge on any atom is -0.352 e. The van der Waals surface area contributed by atoms with Crippen molar-refractivity contribution < 1.29 is 22.4 Å². The van der Waals surface area contributed by atoms with Crippen LogP contribution in [-0.2, 0) is 26.2 Å². The number of hydrogen-bond donors (Lipinski definition) is 1. The quantitative estimate of drug-likeness (QED) is 0.428. The van der Waals surface area contributed by atoms with E-state index in [1.165, 1.54) is 41.3 Å². The van der Waals surface area contributed by atoms with Crippen LogP contribution in [0.4, 0.5) is 10.1 Å². The van der Waals surface area contributed by atoms with Crippen LogP contribution in [0.25, 0.3) is 0 Å². The Balaban J connectivity index is 1.99. The second-order valence-corrected chi connectivity index (χ2v) is 11.0. The summed E-state index contributed by atoms with van der Waals surface area (Å²) >= 11 is 0. The molecule has 0 saturated carbocycles. The second-order valence-electron chi connectivity index (χ2n) is 9.15. The van der Waals surface area contributed by atoms with E-state index in [-0.39, 0.29) is 23.4 Å². The SMILES string of the molecule is Cc1ccc(S(=O)(=O)N(CC(=O)N(Cc2ccc(F)cc2)[C@@H](C)C(=O)NC(C)C)c2ccccc2)cc1. The Labute approximate surface area is 218 Å². The zero-order valence-corrected chi connectivity index (χ0v) is 22.2. The van der Waals surface area contributed by atoms with Gasteiger partial charge in [-0.15, -0.1) is 0 Å². The number of rotatable bonds is 10. The fourth-order valence-corrected chi connectivity index (χ4v) is 5.15. The lowest BCUT2D eigenvalue weighted by Gasteiger charge is -2.32. The lowest BCUT2D eigenvalue weighted by molar-refractivity contribution is -0.139. The van der Waals surface area contributed by atoms with Gasteiger partial charge >= 0.3 is 0 Å². The topological polar surface area (TPSA) is 86.8 Å². The molecule has 3 rings (SSSR count). The van der Waals surface area contributed by atoms with Gasteiger partial charge in [-0.25, -0.2) is 12.8 Å². The number of para-hydroxylation sites is 1. The highest BCUT2D eigenvalue weighted by Gasteiger charge is 2.32. The normalized spacial score (nSPS) is 12.2. The molecule has 0 aromatic heterocycles. The summed E-state index contributed by atoms with van der Waals surface area (Å²) in [5, 5.41) is 2.79. The van der Waals surface area contributed by atoms with Crippen LogP contribution in [-0.4, -0.2) is 43.8 Å². The fraction of sp³-hybridized carbons (Fsp3) is 0.286. The van der Waals surface area contributed by atoms with E-state index < -0.39 is 34.3 Å². The number of nitrogens with zero attached hydrogens (tertiary/aromatic N) is 2. The van der Waals surface area contributed by atoms with Crippen molar-refractivity contribution in [2.45, 2.75) is 51.2 Å². The van der Waals surface area contributed by atoms with Crippen molar-refractivity contribution in [3.63, 3.8) is 0 Å². The van der Waals surface area contributed by atoms with E-state index in [0.29, 0.717) is 11.3 Å². The van der Waals surface area contributed by atoms with Gasteiger partial charge in [0.15, 0.2) is 0 Å². The molecule has 0 fully saturated rings. The van der Waals surface area contributed by atoms with Gasteiger partial charge in [-0.3, -0.25) is 13.9 Å². The standard InChI is InChI=1S/C28H32FN3O4S/c1-20(2)30-28(34)22(4)31(18-23-12-14-24(29)15-13-23)27(33)19-32(25-8-6-5-7-9-25)37(35,36)26-16-10-21(3)11-17-26/h5-17,20,22H,18-19H2,1-4H3,(H,30,34)/t22-/m0/s1. The second kappa shape index (κ2) is 12.0. The number of nitrogens with one attached hydrogen (secondary N) is 1. The molecule has 0 aliphatic heterocycles. The third-order valence-corrected chi connectivity index (χ3v) is 7.58. The Bertz CT molecular complexity index is 1310. The molecular weight excluding hydrogens is 493 g/mol. The zero-order valence-electron chi connectivity index (χ0n) is 21.4. The van der Waals surface area contributed by atoms with Crippen LogP contribution < -0.4 is 9.62 Å². The van der Waals surface area contributed by atoms with Crippen molar-refractivity contribution in [2.24, 2.45) is 0 Å². The number of benzene rings is 3. The average molecular weight is 526 g/mol. The molecule has 196 valence electrons. The summed E-state index contributed by atoms with van der Waals surface area (Å²) < 4.78 is 41.9. The Morgan fingerprint density at radius 1 is 0.892 bits per heavy atom. The smallest absolute Gasteiger partial charge is 0.264 e. The van der Waals surface area contributed by atoms with E-state index in [4.69, 9.17) is 0 Å². The number of halogens is 1. The molecular formula is C28H32FN3O4S. The minimum atomic E-state index is -4.11. The number of carbonyl (C=O) groups excluding carboxylic acids is 2. The molecule has 0 aliphatic rings. The Kier molecular flexibility index (Phi) is 9.04. The first kappa shape index (κ1) is 27.9. The molecule has 9 heteroatoms. The van der Waals surface area contributed by atoms with Crippen LogP contribution in [0.2, 0.25) is 0 Å². The maximum Gasteiger partial charge on any atom is 0.264 e. The Morgan fingerprint density at radius 2 is 1.49 bits per heavy atom. The minimum absolute atomic E-state index is 0.000988. The summed E-state index contributed by atoms with van der Waals surface area (Å²) in [5.41, 5.74) is 1.82. The van der Waals surface area contributed by atoms with Gasteiger partial charge in [0.25, 0.3) is 10.0 Å². The lowest BCUT2D eigenvalue weighted by Crippen LogP contribution is -2.52.